The average Bonchev–Trinajstić information content (AvgIpc) is 3.10. The predicted molar refractivity (Wildman–Crippen MR) is 203 cm³/mol. The Morgan fingerprint density at radius 1 is 0.827 bits per heavy atom. The van der Waals surface area contributed by atoms with Crippen LogP contribution in [0.15, 0.2) is 96.6 Å². The summed E-state index contributed by atoms with van der Waals surface area (Å²) in [6.07, 6.45) is 12.4. The summed E-state index contributed by atoms with van der Waals surface area (Å²) in [5, 5.41) is 12.4. The number of carbonyl (C=O) groups excluding carboxylic acids is 3. The number of anilines is 1. The van der Waals surface area contributed by atoms with Crippen molar-refractivity contribution in [2.45, 2.75) is 79.7 Å². The van der Waals surface area contributed by atoms with E-state index < -0.39 is 24.4 Å². The van der Waals surface area contributed by atoms with Gasteiger partial charge in [0.2, 0.25) is 5.91 Å². The zero-order chi connectivity index (χ0) is 37.7. The van der Waals surface area contributed by atoms with E-state index in [2.05, 4.69) is 52.1 Å². The van der Waals surface area contributed by atoms with Gasteiger partial charge in [-0.25, -0.2) is 4.79 Å². The number of amides is 2. The summed E-state index contributed by atoms with van der Waals surface area (Å²) in [6.45, 7) is 11.1. The van der Waals surface area contributed by atoms with Crippen LogP contribution in [0.3, 0.4) is 0 Å². The summed E-state index contributed by atoms with van der Waals surface area (Å²) >= 11 is 0. The molecule has 52 heavy (non-hydrogen) atoms. The summed E-state index contributed by atoms with van der Waals surface area (Å²) in [4.78, 5) is 51.8. The fraction of sp³-hybridized carbons (Fsp3) is 0.395. The Labute approximate surface area is 307 Å². The van der Waals surface area contributed by atoms with Gasteiger partial charge in [-0.3, -0.25) is 14.4 Å². The first-order valence-corrected chi connectivity index (χ1v) is 18.2. The highest BCUT2D eigenvalue weighted by molar-refractivity contribution is 5.97. The second kappa shape index (κ2) is 18.9. The molecule has 2 atom stereocenters. The molecule has 276 valence electrons. The van der Waals surface area contributed by atoms with Gasteiger partial charge in [0.15, 0.2) is 0 Å². The average molecular weight is 709 g/mol. The van der Waals surface area contributed by atoms with Gasteiger partial charge in [0.1, 0.15) is 18.0 Å². The van der Waals surface area contributed by atoms with E-state index in [-0.39, 0.29) is 29.9 Å². The maximum atomic E-state index is 13.4. The van der Waals surface area contributed by atoms with Crippen LogP contribution in [0.5, 0.6) is 11.5 Å². The lowest BCUT2D eigenvalue weighted by Crippen LogP contribution is -2.35. The second-order valence-electron chi connectivity index (χ2n) is 14.5. The summed E-state index contributed by atoms with van der Waals surface area (Å²) in [5.41, 5.74) is 2.96. The minimum Gasteiger partial charge on any atom is -0.494 e. The summed E-state index contributed by atoms with van der Waals surface area (Å²) in [5.74, 6) is -0.568. The molecule has 1 aliphatic rings. The van der Waals surface area contributed by atoms with Crippen LogP contribution in [0.2, 0.25) is 0 Å². The van der Waals surface area contributed by atoms with Gasteiger partial charge in [0, 0.05) is 17.8 Å². The Morgan fingerprint density at radius 2 is 1.46 bits per heavy atom. The van der Waals surface area contributed by atoms with E-state index in [1.807, 2.05) is 6.08 Å². The maximum absolute atomic E-state index is 13.4. The topological polar surface area (TPSA) is 122 Å². The molecule has 0 heterocycles. The van der Waals surface area contributed by atoms with Gasteiger partial charge in [0.05, 0.1) is 18.6 Å². The highest BCUT2D eigenvalue weighted by Crippen LogP contribution is 2.37. The van der Waals surface area contributed by atoms with Crippen molar-refractivity contribution in [2.75, 3.05) is 18.5 Å². The van der Waals surface area contributed by atoms with Gasteiger partial charge in [-0.1, -0.05) is 90.7 Å². The first-order valence-electron chi connectivity index (χ1n) is 18.2. The SMILES string of the molecule is CCCCCCCOc1ccc(C(=O)Oc2ccc(CN(CC(=O)O)C(=O)c3ccc(NC(=O)CC4=CC(C)C(C(C)(C)C)C=C4)cc3)cc2)cc1. The standard InChI is InChI=1S/C43H52N2O7/c1-6-7-8-9-10-25-51-36-22-16-34(17-23-36)42(50)52-37-20-11-31(12-21-37)28-45(29-40(47)48)41(49)33-14-18-35(19-15-33)44-39(46)27-32-13-24-38(30(2)26-32)43(3,4)5/h11-24,26,30,38H,6-10,25,27-29H2,1-5H3,(H,44,46)(H,47,48). The molecule has 0 spiro atoms. The third-order valence-electron chi connectivity index (χ3n) is 9.07. The van der Waals surface area contributed by atoms with Gasteiger partial charge >= 0.3 is 11.9 Å². The number of aliphatic carboxylic acids is 1. The number of allylic oxidation sites excluding steroid dienone is 3. The van der Waals surface area contributed by atoms with Gasteiger partial charge in [0.25, 0.3) is 5.91 Å². The molecule has 2 N–H and O–H groups in total. The lowest BCUT2D eigenvalue weighted by Gasteiger charge is -2.34. The Kier molecular flexibility index (Phi) is 14.4. The van der Waals surface area contributed by atoms with Gasteiger partial charge in [-0.15, -0.1) is 0 Å². The maximum Gasteiger partial charge on any atom is 0.343 e. The third-order valence-corrected chi connectivity index (χ3v) is 9.07. The molecule has 2 amide bonds. The molecule has 3 aromatic rings. The number of hydrogen-bond donors (Lipinski definition) is 2. The second-order valence-corrected chi connectivity index (χ2v) is 14.5. The smallest absolute Gasteiger partial charge is 0.343 e. The van der Waals surface area contributed by atoms with Crippen LogP contribution in [0, 0.1) is 17.3 Å². The molecule has 0 aromatic heterocycles. The van der Waals surface area contributed by atoms with Crippen LogP contribution in [-0.2, 0) is 16.1 Å². The number of ether oxygens (including phenoxy) is 2. The largest absolute Gasteiger partial charge is 0.494 e. The van der Waals surface area contributed by atoms with E-state index in [0.29, 0.717) is 46.8 Å². The molecule has 0 saturated carbocycles. The Bertz CT molecular complexity index is 1720. The zero-order valence-electron chi connectivity index (χ0n) is 31.0. The van der Waals surface area contributed by atoms with E-state index in [0.717, 1.165) is 18.4 Å². The number of rotatable bonds is 17. The zero-order valence-corrected chi connectivity index (χ0v) is 31.0. The van der Waals surface area contributed by atoms with Crippen LogP contribution in [-0.4, -0.2) is 46.9 Å². The van der Waals surface area contributed by atoms with Gasteiger partial charge in [-0.2, -0.15) is 0 Å². The minimum absolute atomic E-state index is 0.0229. The number of esters is 1. The number of carboxylic acids is 1. The monoisotopic (exact) mass is 708 g/mol. The first kappa shape index (κ1) is 39.6. The number of benzene rings is 3. The Balaban J connectivity index is 1.29. The van der Waals surface area contributed by atoms with Crippen LogP contribution >= 0.6 is 0 Å². The molecule has 9 heteroatoms. The number of unbranched alkanes of at least 4 members (excludes halogenated alkanes) is 4. The molecule has 3 aromatic carbocycles. The summed E-state index contributed by atoms with van der Waals surface area (Å²) < 4.78 is 11.3. The van der Waals surface area contributed by atoms with E-state index >= 15 is 0 Å². The number of carbonyl (C=O) groups is 4. The normalized spacial score (nSPS) is 15.4. The Hall–Kier alpha value is -5.18. The molecule has 0 bridgehead atoms. The highest BCUT2D eigenvalue weighted by atomic mass is 16.5. The highest BCUT2D eigenvalue weighted by Gasteiger charge is 2.28. The summed E-state index contributed by atoms with van der Waals surface area (Å²) in [7, 11) is 0. The number of carboxylic acid groups (broad SMARTS) is 1. The van der Waals surface area contributed by atoms with Crippen LogP contribution in [0.4, 0.5) is 5.69 Å². The lowest BCUT2D eigenvalue weighted by atomic mass is 9.71. The van der Waals surface area contributed by atoms with Crippen molar-refractivity contribution in [3.05, 3.63) is 113 Å². The van der Waals surface area contributed by atoms with E-state index in [4.69, 9.17) is 9.47 Å². The quantitative estimate of drug-likeness (QED) is 0.0815. The van der Waals surface area contributed by atoms with E-state index in [1.54, 1.807) is 72.8 Å². The van der Waals surface area contributed by atoms with Crippen LogP contribution in [0.1, 0.15) is 99.4 Å². The molecule has 4 rings (SSSR count). The number of hydrogen-bond acceptors (Lipinski definition) is 6. The van der Waals surface area contributed by atoms with E-state index in [9.17, 15) is 24.3 Å². The molecule has 0 radical (unpaired) electrons. The van der Waals surface area contributed by atoms with Crippen LogP contribution < -0.4 is 14.8 Å². The minimum atomic E-state index is -1.15. The fourth-order valence-corrected chi connectivity index (χ4v) is 6.36. The van der Waals surface area contributed by atoms with Crippen molar-refractivity contribution < 1.29 is 33.8 Å². The fourth-order valence-electron chi connectivity index (χ4n) is 6.36. The van der Waals surface area contributed by atoms with Crippen LogP contribution in [0.25, 0.3) is 0 Å². The molecule has 0 fully saturated rings. The van der Waals surface area contributed by atoms with Crippen molar-refractivity contribution in [2.24, 2.45) is 17.3 Å². The van der Waals surface area contributed by atoms with Gasteiger partial charge < -0.3 is 24.8 Å². The number of nitrogens with one attached hydrogen (secondary N) is 1. The molecular weight excluding hydrogens is 656 g/mol. The van der Waals surface area contributed by atoms with Gasteiger partial charge in [-0.05, 0) is 95.5 Å². The molecule has 0 saturated heterocycles. The van der Waals surface area contributed by atoms with Crippen molar-refractivity contribution in [3.8, 4) is 11.5 Å². The molecule has 9 nitrogen and oxygen atoms in total. The molecule has 1 aliphatic carbocycles. The Morgan fingerprint density at radius 3 is 2.08 bits per heavy atom. The van der Waals surface area contributed by atoms with Crippen molar-refractivity contribution in [1.29, 1.82) is 0 Å². The number of nitrogens with zero attached hydrogens (tertiary/aromatic N) is 1. The van der Waals surface area contributed by atoms with Crippen molar-refractivity contribution >= 4 is 29.4 Å². The molecule has 0 aliphatic heterocycles. The predicted octanol–water partition coefficient (Wildman–Crippen LogP) is 9.11. The summed E-state index contributed by atoms with van der Waals surface area (Å²) in [6, 6.07) is 19.8. The van der Waals surface area contributed by atoms with E-state index in [1.165, 1.54) is 24.2 Å². The molecular formula is C43H52N2O7. The third kappa shape index (κ3) is 12.2. The molecule has 2 unspecified atom stereocenters. The lowest BCUT2D eigenvalue weighted by molar-refractivity contribution is -0.137. The van der Waals surface area contributed by atoms with Crippen molar-refractivity contribution in [1.82, 2.24) is 4.90 Å². The first-order chi connectivity index (χ1) is 24.8. The van der Waals surface area contributed by atoms with Crippen molar-refractivity contribution in [3.63, 3.8) is 0 Å².